The molecule has 0 aromatic carbocycles. The van der Waals surface area contributed by atoms with Crippen LogP contribution in [0.15, 0.2) is 30.6 Å². The van der Waals surface area contributed by atoms with E-state index in [0.717, 1.165) is 31.3 Å². The molecule has 0 bridgehead atoms. The monoisotopic (exact) mass is 414 g/mol. The molecule has 2 unspecified atom stereocenters. The molecule has 0 saturated carbocycles. The topological polar surface area (TPSA) is 107 Å². The second kappa shape index (κ2) is 8.44. The Hall–Kier alpha value is -2.55. The van der Waals surface area contributed by atoms with Crippen LogP contribution in [0.5, 0.6) is 5.75 Å². The number of hydrogen-bond donors (Lipinski definition) is 3. The molecular weight excluding hydrogens is 392 g/mol. The molecule has 0 spiro atoms. The number of likely N-dealkylation sites (tertiary alicyclic amines) is 1. The minimum atomic E-state index is -0.0569. The van der Waals surface area contributed by atoms with Gasteiger partial charge in [0.1, 0.15) is 22.7 Å². The summed E-state index contributed by atoms with van der Waals surface area (Å²) in [4.78, 5) is 11.0. The predicted molar refractivity (Wildman–Crippen MR) is 112 cm³/mol. The number of nitrogens with zero attached hydrogens (tertiary/aromatic N) is 5. The lowest BCUT2D eigenvalue weighted by Crippen LogP contribution is -2.47. The molecule has 1 saturated heterocycles. The van der Waals surface area contributed by atoms with Crippen molar-refractivity contribution < 1.29 is 10.2 Å². The summed E-state index contributed by atoms with van der Waals surface area (Å²) < 4.78 is 0. The summed E-state index contributed by atoms with van der Waals surface area (Å²) in [5.74, 6) is 0.542. The Labute approximate surface area is 173 Å². The largest absolute Gasteiger partial charge is 0.506 e. The van der Waals surface area contributed by atoms with Gasteiger partial charge in [0.25, 0.3) is 0 Å². The summed E-state index contributed by atoms with van der Waals surface area (Å²) in [6, 6.07) is 5.44. The van der Waals surface area contributed by atoms with Crippen molar-refractivity contribution >= 4 is 28.3 Å². The lowest BCUT2D eigenvalue weighted by Gasteiger charge is -2.36. The van der Waals surface area contributed by atoms with Gasteiger partial charge < -0.3 is 15.5 Å². The van der Waals surface area contributed by atoms with Crippen molar-refractivity contribution in [3.63, 3.8) is 0 Å². The zero-order valence-corrected chi connectivity index (χ0v) is 16.8. The molecule has 1 aliphatic heterocycles. The van der Waals surface area contributed by atoms with Crippen LogP contribution in [0, 0.1) is 0 Å². The molecule has 3 N–H and O–H groups in total. The van der Waals surface area contributed by atoms with Crippen LogP contribution >= 0.6 is 11.6 Å². The average Bonchev–Trinajstić information content (AvgIpc) is 2.74. The zero-order chi connectivity index (χ0) is 20.4. The van der Waals surface area contributed by atoms with E-state index in [4.69, 9.17) is 11.6 Å². The van der Waals surface area contributed by atoms with Crippen molar-refractivity contribution in [3.8, 4) is 17.1 Å². The SMILES string of the molecule is CC(CO)N1CCCC(Nc2nnc(-c3ncc(Cl)cc3O)c3cccnc23)C1. The van der Waals surface area contributed by atoms with Crippen LogP contribution in [0.3, 0.4) is 0 Å². The third kappa shape index (κ3) is 4.10. The van der Waals surface area contributed by atoms with Gasteiger partial charge in [0.05, 0.1) is 11.6 Å². The lowest BCUT2D eigenvalue weighted by molar-refractivity contribution is 0.110. The van der Waals surface area contributed by atoms with Gasteiger partial charge in [-0.05, 0) is 38.4 Å². The van der Waals surface area contributed by atoms with Crippen LogP contribution in [0.25, 0.3) is 22.3 Å². The number of hydrogen-bond acceptors (Lipinski definition) is 8. The van der Waals surface area contributed by atoms with Crippen molar-refractivity contribution in [2.75, 3.05) is 25.0 Å². The van der Waals surface area contributed by atoms with Gasteiger partial charge in [0.2, 0.25) is 0 Å². The normalized spacial score (nSPS) is 18.7. The number of aromatic hydroxyl groups is 1. The first-order chi connectivity index (χ1) is 14.1. The van der Waals surface area contributed by atoms with Crippen LogP contribution in [0.4, 0.5) is 5.82 Å². The first kappa shape index (κ1) is 19.8. The van der Waals surface area contributed by atoms with Crippen molar-refractivity contribution in [1.82, 2.24) is 25.1 Å². The molecule has 9 heteroatoms. The number of aliphatic hydroxyl groups is 1. The van der Waals surface area contributed by atoms with Crippen LogP contribution < -0.4 is 5.32 Å². The molecule has 2 atom stereocenters. The second-order valence-electron chi connectivity index (χ2n) is 7.33. The number of aliphatic hydroxyl groups excluding tert-OH is 1. The summed E-state index contributed by atoms with van der Waals surface area (Å²) in [6.45, 7) is 3.97. The van der Waals surface area contributed by atoms with E-state index in [1.54, 1.807) is 6.20 Å². The smallest absolute Gasteiger partial charge is 0.175 e. The highest BCUT2D eigenvalue weighted by Crippen LogP contribution is 2.33. The number of rotatable bonds is 5. The van der Waals surface area contributed by atoms with Crippen molar-refractivity contribution in [1.29, 1.82) is 0 Å². The number of pyridine rings is 2. The summed E-state index contributed by atoms with van der Waals surface area (Å²) in [5, 5.41) is 33.0. The Balaban J connectivity index is 1.67. The van der Waals surface area contributed by atoms with Gasteiger partial charge in [-0.1, -0.05) is 11.6 Å². The number of nitrogens with one attached hydrogen (secondary N) is 1. The minimum Gasteiger partial charge on any atom is -0.506 e. The molecule has 3 aromatic heterocycles. The van der Waals surface area contributed by atoms with Gasteiger partial charge in [-0.25, -0.2) is 4.98 Å². The maximum atomic E-state index is 10.3. The van der Waals surface area contributed by atoms with E-state index in [0.29, 0.717) is 27.7 Å². The zero-order valence-electron chi connectivity index (χ0n) is 16.1. The molecule has 8 nitrogen and oxygen atoms in total. The molecule has 0 radical (unpaired) electrons. The predicted octanol–water partition coefficient (Wildman–Crippen LogP) is 2.70. The molecule has 4 rings (SSSR count). The van der Waals surface area contributed by atoms with Gasteiger partial charge >= 0.3 is 0 Å². The fourth-order valence-electron chi connectivity index (χ4n) is 3.70. The Kier molecular flexibility index (Phi) is 5.75. The minimum absolute atomic E-state index is 0.0569. The average molecular weight is 415 g/mol. The number of anilines is 1. The number of halogens is 1. The fourth-order valence-corrected chi connectivity index (χ4v) is 3.86. The lowest BCUT2D eigenvalue weighted by atomic mass is 10.0. The highest BCUT2D eigenvalue weighted by atomic mass is 35.5. The second-order valence-corrected chi connectivity index (χ2v) is 7.76. The summed E-state index contributed by atoms with van der Waals surface area (Å²) in [5.41, 5.74) is 1.43. The first-order valence-corrected chi connectivity index (χ1v) is 10.0. The molecule has 0 aliphatic carbocycles. The molecule has 1 fully saturated rings. The molecule has 3 aromatic rings. The van der Waals surface area contributed by atoms with Gasteiger partial charge in [0, 0.05) is 42.5 Å². The van der Waals surface area contributed by atoms with Gasteiger partial charge in [0.15, 0.2) is 5.82 Å². The van der Waals surface area contributed by atoms with Crippen LogP contribution in [-0.2, 0) is 0 Å². The molecule has 1 aliphatic rings. The van der Waals surface area contributed by atoms with Gasteiger partial charge in [-0.3, -0.25) is 9.88 Å². The first-order valence-electron chi connectivity index (χ1n) is 9.64. The molecule has 152 valence electrons. The van der Waals surface area contributed by atoms with Gasteiger partial charge in [-0.15, -0.1) is 10.2 Å². The quantitative estimate of drug-likeness (QED) is 0.585. The van der Waals surface area contributed by atoms with Crippen LogP contribution in [-0.4, -0.2) is 67.1 Å². The van der Waals surface area contributed by atoms with E-state index < -0.39 is 0 Å². The van der Waals surface area contributed by atoms with E-state index in [1.165, 1.54) is 12.3 Å². The fraction of sp³-hybridized carbons (Fsp3) is 0.400. The maximum Gasteiger partial charge on any atom is 0.175 e. The third-order valence-electron chi connectivity index (χ3n) is 5.28. The van der Waals surface area contributed by atoms with Crippen LogP contribution in [0.1, 0.15) is 19.8 Å². The van der Waals surface area contributed by atoms with Crippen molar-refractivity contribution in [2.45, 2.75) is 31.8 Å². The molecule has 4 heterocycles. The molecular formula is C20H23ClN6O2. The van der Waals surface area contributed by atoms with E-state index in [9.17, 15) is 10.2 Å². The van der Waals surface area contributed by atoms with Crippen molar-refractivity contribution in [3.05, 3.63) is 35.6 Å². The van der Waals surface area contributed by atoms with E-state index in [2.05, 4.69) is 30.4 Å². The number of fused-ring (bicyclic) bond motifs is 1. The highest BCUT2D eigenvalue weighted by molar-refractivity contribution is 6.30. The third-order valence-corrected chi connectivity index (χ3v) is 5.48. The summed E-state index contributed by atoms with van der Waals surface area (Å²) >= 11 is 5.90. The van der Waals surface area contributed by atoms with E-state index in [-0.39, 0.29) is 24.4 Å². The Morgan fingerprint density at radius 2 is 2.17 bits per heavy atom. The standard InChI is InChI=1S/C20H23ClN6O2/c1-12(11-28)27-7-3-4-14(10-27)24-20-18-15(5-2-6-22-18)17(25-26-20)19-16(29)8-13(21)9-23-19/h2,5-6,8-9,12,14,28-29H,3-4,7,10-11H2,1H3,(H,24,26). The maximum absolute atomic E-state index is 10.3. The Bertz CT molecular complexity index is 1020. The van der Waals surface area contributed by atoms with Crippen LogP contribution in [0.2, 0.25) is 5.02 Å². The Morgan fingerprint density at radius 1 is 1.31 bits per heavy atom. The Morgan fingerprint density at radius 3 is 2.97 bits per heavy atom. The van der Waals surface area contributed by atoms with E-state index >= 15 is 0 Å². The van der Waals surface area contributed by atoms with Crippen molar-refractivity contribution in [2.24, 2.45) is 0 Å². The molecule has 0 amide bonds. The summed E-state index contributed by atoms with van der Waals surface area (Å²) in [6.07, 6.45) is 5.22. The number of aromatic nitrogens is 4. The van der Waals surface area contributed by atoms with E-state index in [1.807, 2.05) is 19.1 Å². The molecule has 29 heavy (non-hydrogen) atoms. The highest BCUT2D eigenvalue weighted by Gasteiger charge is 2.25. The summed E-state index contributed by atoms with van der Waals surface area (Å²) in [7, 11) is 0. The van der Waals surface area contributed by atoms with Gasteiger partial charge in [-0.2, -0.15) is 0 Å². The number of piperidine rings is 1.